The van der Waals surface area contributed by atoms with Gasteiger partial charge in [-0.3, -0.25) is 0 Å². The van der Waals surface area contributed by atoms with Crippen LogP contribution in [0.2, 0.25) is 0 Å². The quantitative estimate of drug-likeness (QED) is 0.184. The van der Waals surface area contributed by atoms with Crippen molar-refractivity contribution in [2.75, 3.05) is 9.80 Å². The van der Waals surface area contributed by atoms with Gasteiger partial charge in [-0.25, -0.2) is 4.98 Å². The molecule has 6 heteroatoms. The monoisotopic (exact) mass is 683 g/mol. The average molecular weight is 684 g/mol. The summed E-state index contributed by atoms with van der Waals surface area (Å²) in [5, 5.41) is 2.02. The largest absolute Gasteiger partial charge is 0.453 e. The molecular weight excluding hydrogens is 655 g/mol. The highest BCUT2D eigenvalue weighted by Crippen LogP contribution is 2.51. The third-order valence-corrected chi connectivity index (χ3v) is 10.1. The van der Waals surface area contributed by atoms with Gasteiger partial charge < -0.3 is 23.7 Å². The van der Waals surface area contributed by atoms with Crippen LogP contribution >= 0.6 is 0 Å². The molecule has 53 heavy (non-hydrogen) atoms. The van der Waals surface area contributed by atoms with Crippen molar-refractivity contribution in [2.45, 2.75) is 0 Å². The molecule has 2 aliphatic rings. The number of benzene rings is 7. The lowest BCUT2D eigenvalue weighted by Gasteiger charge is -2.32. The van der Waals surface area contributed by atoms with Crippen LogP contribution in [0.25, 0.3) is 44.3 Å². The van der Waals surface area contributed by atoms with E-state index in [9.17, 15) is 0 Å². The molecule has 11 rings (SSSR count). The summed E-state index contributed by atoms with van der Waals surface area (Å²) in [5.41, 5.74) is 11.9. The predicted molar refractivity (Wildman–Crippen MR) is 212 cm³/mol. The average Bonchev–Trinajstić information content (AvgIpc) is 3.59. The molecule has 0 bridgehead atoms. The Morgan fingerprint density at radius 1 is 0.377 bits per heavy atom. The van der Waals surface area contributed by atoms with E-state index in [1.165, 1.54) is 0 Å². The SMILES string of the molecule is c1ccc2c(c1)Oc1ccccc1N2c1ccc(-c2ccc3oc4ncc(-c5ccc(N6c7ccccc7Oc7ccccc76)cc5)cc4c3c2)cc1. The van der Waals surface area contributed by atoms with Gasteiger partial charge in [0, 0.05) is 33.9 Å². The van der Waals surface area contributed by atoms with Crippen molar-refractivity contribution < 1.29 is 13.9 Å². The first-order valence-electron chi connectivity index (χ1n) is 17.6. The molecule has 0 atom stereocenters. The van der Waals surface area contributed by atoms with Crippen molar-refractivity contribution in [3.8, 4) is 45.3 Å². The van der Waals surface area contributed by atoms with Crippen LogP contribution in [-0.2, 0) is 0 Å². The lowest BCUT2D eigenvalue weighted by molar-refractivity contribution is 0.477. The fourth-order valence-corrected chi connectivity index (χ4v) is 7.57. The number of furan rings is 1. The Balaban J connectivity index is 0.926. The fourth-order valence-electron chi connectivity index (χ4n) is 7.57. The third kappa shape index (κ3) is 4.77. The molecule has 250 valence electrons. The van der Waals surface area contributed by atoms with Crippen LogP contribution in [0.15, 0.2) is 180 Å². The number of ether oxygens (including phenoxy) is 2. The molecule has 0 fully saturated rings. The van der Waals surface area contributed by atoms with Crippen LogP contribution in [0.4, 0.5) is 34.1 Å². The third-order valence-electron chi connectivity index (χ3n) is 10.1. The maximum absolute atomic E-state index is 6.22. The summed E-state index contributed by atoms with van der Waals surface area (Å²) in [6.07, 6.45) is 1.89. The molecule has 0 radical (unpaired) electrons. The second-order valence-corrected chi connectivity index (χ2v) is 13.2. The molecule has 0 saturated carbocycles. The van der Waals surface area contributed by atoms with Gasteiger partial charge in [0.1, 0.15) is 5.58 Å². The first-order chi connectivity index (χ1) is 26.2. The highest BCUT2D eigenvalue weighted by atomic mass is 16.5. The van der Waals surface area contributed by atoms with E-state index in [1.807, 2.05) is 85.1 Å². The number of rotatable bonds is 4. The molecule has 0 amide bonds. The van der Waals surface area contributed by atoms with Gasteiger partial charge in [0.25, 0.3) is 0 Å². The molecule has 6 nitrogen and oxygen atoms in total. The Kier molecular flexibility index (Phi) is 6.45. The van der Waals surface area contributed by atoms with Crippen LogP contribution < -0.4 is 19.3 Å². The van der Waals surface area contributed by atoms with E-state index in [0.717, 1.165) is 95.7 Å². The van der Waals surface area contributed by atoms with Gasteiger partial charge in [0.15, 0.2) is 23.0 Å². The smallest absolute Gasteiger partial charge is 0.227 e. The summed E-state index contributed by atoms with van der Waals surface area (Å²) in [4.78, 5) is 9.26. The number of para-hydroxylation sites is 8. The zero-order valence-electron chi connectivity index (χ0n) is 28.3. The minimum absolute atomic E-state index is 0.624. The molecule has 4 heterocycles. The van der Waals surface area contributed by atoms with E-state index in [0.29, 0.717) is 5.71 Å². The van der Waals surface area contributed by atoms with Crippen molar-refractivity contribution >= 4 is 56.2 Å². The van der Waals surface area contributed by atoms with Gasteiger partial charge in [0.05, 0.1) is 22.7 Å². The second-order valence-electron chi connectivity index (χ2n) is 13.2. The Morgan fingerprint density at radius 3 is 1.28 bits per heavy atom. The van der Waals surface area contributed by atoms with Gasteiger partial charge in [-0.15, -0.1) is 0 Å². The molecule has 0 spiro atoms. The van der Waals surface area contributed by atoms with Crippen molar-refractivity contribution in [1.82, 2.24) is 4.98 Å². The summed E-state index contributed by atoms with van der Waals surface area (Å²) in [5.74, 6) is 3.34. The molecule has 7 aromatic carbocycles. The zero-order chi connectivity index (χ0) is 34.9. The summed E-state index contributed by atoms with van der Waals surface area (Å²) in [6.45, 7) is 0. The van der Waals surface area contributed by atoms with E-state index < -0.39 is 0 Å². The van der Waals surface area contributed by atoms with Gasteiger partial charge in [-0.05, 0) is 108 Å². The number of hydrogen-bond acceptors (Lipinski definition) is 6. The van der Waals surface area contributed by atoms with E-state index in [1.54, 1.807) is 0 Å². The lowest BCUT2D eigenvalue weighted by Crippen LogP contribution is -2.15. The normalized spacial score (nSPS) is 12.8. The molecule has 9 aromatic rings. The zero-order valence-corrected chi connectivity index (χ0v) is 28.3. The minimum Gasteiger partial charge on any atom is -0.453 e. The van der Waals surface area contributed by atoms with Crippen LogP contribution in [-0.4, -0.2) is 4.98 Å². The van der Waals surface area contributed by atoms with Gasteiger partial charge in [0.2, 0.25) is 5.71 Å². The topological polar surface area (TPSA) is 51.0 Å². The Labute approximate surface area is 305 Å². The number of hydrogen-bond donors (Lipinski definition) is 0. The molecule has 0 aliphatic carbocycles. The molecule has 0 saturated heterocycles. The summed E-state index contributed by atoms with van der Waals surface area (Å²) in [7, 11) is 0. The highest BCUT2D eigenvalue weighted by Gasteiger charge is 2.26. The van der Waals surface area contributed by atoms with Gasteiger partial charge in [-0.2, -0.15) is 0 Å². The first kappa shape index (κ1) is 29.4. The first-order valence-corrected chi connectivity index (χ1v) is 17.6. The molecule has 0 unspecified atom stereocenters. The number of aromatic nitrogens is 1. The van der Waals surface area contributed by atoms with Gasteiger partial charge >= 0.3 is 0 Å². The van der Waals surface area contributed by atoms with Crippen LogP contribution in [0.1, 0.15) is 0 Å². The molecule has 2 aromatic heterocycles. The van der Waals surface area contributed by atoms with Crippen molar-refractivity contribution in [3.63, 3.8) is 0 Å². The summed E-state index contributed by atoms with van der Waals surface area (Å²) in [6, 6.07) is 58.4. The lowest BCUT2D eigenvalue weighted by atomic mass is 10.0. The Morgan fingerprint density at radius 2 is 0.792 bits per heavy atom. The molecule has 2 aliphatic heterocycles. The van der Waals surface area contributed by atoms with E-state index in [-0.39, 0.29) is 0 Å². The summed E-state index contributed by atoms with van der Waals surface area (Å²) >= 11 is 0. The maximum Gasteiger partial charge on any atom is 0.227 e. The number of anilines is 6. The van der Waals surface area contributed by atoms with Crippen LogP contribution in [0.3, 0.4) is 0 Å². The second kappa shape index (κ2) is 11.6. The molecule has 0 N–H and O–H groups in total. The predicted octanol–water partition coefficient (Wildman–Crippen LogP) is 13.5. The van der Waals surface area contributed by atoms with E-state index >= 15 is 0 Å². The highest BCUT2D eigenvalue weighted by molar-refractivity contribution is 6.06. The standard InChI is InChI=1S/C47H29N3O3/c1-5-13-43-38(9-1)49(39-10-2-6-14-44(39)51-43)34-22-17-30(18-23-34)32-21-26-42-36(27-32)37-28-33(29-48-47(37)53-42)31-19-24-35(25-20-31)50-40-11-3-7-15-45(40)52-46-16-8-4-12-41(46)50/h1-29H. The van der Waals surface area contributed by atoms with Crippen LogP contribution in [0.5, 0.6) is 23.0 Å². The number of fused-ring (bicyclic) bond motifs is 7. The molecular formula is C47H29N3O3. The minimum atomic E-state index is 0.624. The van der Waals surface area contributed by atoms with Crippen molar-refractivity contribution in [3.05, 3.63) is 176 Å². The van der Waals surface area contributed by atoms with Crippen molar-refractivity contribution in [1.29, 1.82) is 0 Å². The summed E-state index contributed by atoms with van der Waals surface area (Å²) < 4.78 is 18.7. The fraction of sp³-hybridized carbons (Fsp3) is 0. The maximum atomic E-state index is 6.22. The Hall–Kier alpha value is -7.31. The van der Waals surface area contributed by atoms with Crippen molar-refractivity contribution in [2.24, 2.45) is 0 Å². The van der Waals surface area contributed by atoms with Crippen LogP contribution in [0, 0.1) is 0 Å². The van der Waals surface area contributed by atoms with Gasteiger partial charge in [-0.1, -0.05) is 78.9 Å². The Bertz CT molecular complexity index is 2580. The van der Waals surface area contributed by atoms with E-state index in [4.69, 9.17) is 18.9 Å². The number of pyridine rings is 1. The number of nitrogens with zero attached hydrogens (tertiary/aromatic N) is 3. The van der Waals surface area contributed by atoms with E-state index in [2.05, 4.69) is 101 Å².